The number of hydrogen-bond donors (Lipinski definition) is 0. The molecule has 41 heavy (non-hydrogen) atoms. The Hall–Kier alpha value is -4.02. The molecule has 0 N–H and O–H groups in total. The van der Waals surface area contributed by atoms with Gasteiger partial charge in [0, 0.05) is 18.0 Å². The molecule has 0 bridgehead atoms. The summed E-state index contributed by atoms with van der Waals surface area (Å²) >= 11 is 0. The molecule has 3 aliphatic rings. The maximum Gasteiger partial charge on any atom is 0.251 e. The van der Waals surface area contributed by atoms with Gasteiger partial charge in [-0.25, -0.2) is 0 Å². The first kappa shape index (κ1) is 27.2. The molecule has 10 nitrogen and oxygen atoms in total. The maximum atomic E-state index is 13.1. The van der Waals surface area contributed by atoms with Crippen molar-refractivity contribution in [2.75, 3.05) is 48.6 Å². The van der Waals surface area contributed by atoms with Crippen LogP contribution in [0.4, 0.5) is 0 Å². The number of nitro groups is 1. The van der Waals surface area contributed by atoms with Gasteiger partial charge in [0.25, 0.3) is 6.04 Å². The first-order valence-electron chi connectivity index (χ1n) is 13.7. The van der Waals surface area contributed by atoms with Crippen LogP contribution in [0.2, 0.25) is 0 Å². The Morgan fingerprint density at radius 1 is 0.683 bits per heavy atom. The van der Waals surface area contributed by atoms with E-state index in [0.29, 0.717) is 41.8 Å². The molecule has 0 radical (unpaired) electrons. The second kappa shape index (κ2) is 10.8. The number of hydrogen-bond acceptors (Lipinski definition) is 9. The second-order valence-electron chi connectivity index (χ2n) is 10.6. The molecule has 3 heterocycles. The van der Waals surface area contributed by atoms with Crippen molar-refractivity contribution in [3.63, 3.8) is 0 Å². The van der Waals surface area contributed by atoms with Crippen molar-refractivity contribution in [2.45, 2.75) is 37.1 Å². The van der Waals surface area contributed by atoms with Crippen LogP contribution in [0.5, 0.6) is 28.7 Å². The van der Waals surface area contributed by atoms with Gasteiger partial charge < -0.3 is 23.7 Å². The molecule has 4 atom stereocenters. The first-order valence-corrected chi connectivity index (χ1v) is 13.7. The van der Waals surface area contributed by atoms with Crippen molar-refractivity contribution in [1.29, 1.82) is 0 Å². The second-order valence-corrected chi connectivity index (χ2v) is 10.6. The van der Waals surface area contributed by atoms with Gasteiger partial charge in [0.15, 0.2) is 23.0 Å². The summed E-state index contributed by atoms with van der Waals surface area (Å²) in [7, 11) is 8.09. The van der Waals surface area contributed by atoms with Crippen LogP contribution in [0.1, 0.15) is 46.1 Å². The molecule has 216 valence electrons. The summed E-state index contributed by atoms with van der Waals surface area (Å²) in [5.74, 6) is 3.23. The van der Waals surface area contributed by atoms with Crippen LogP contribution in [0, 0.1) is 10.1 Å². The van der Waals surface area contributed by atoms with E-state index < -0.39 is 18.1 Å². The fraction of sp³-hybridized carbons (Fsp3) is 0.419. The van der Waals surface area contributed by atoms with Gasteiger partial charge in [-0.15, -0.1) is 0 Å². The van der Waals surface area contributed by atoms with E-state index in [-0.39, 0.29) is 11.1 Å². The molecule has 0 spiro atoms. The normalized spacial score (nSPS) is 23.3. The zero-order valence-electron chi connectivity index (χ0n) is 24.0. The SMILES string of the molecule is COc1ccc([C@@H]2[C@@H]([N+](=O)[O-])[C@@H]3c4cc(OC)c(OC)cc4CCN3[C@@H]3c4cc(OC)c(OC)cc4CCN32)cc1. The lowest BCUT2D eigenvalue weighted by Crippen LogP contribution is -2.62. The summed E-state index contributed by atoms with van der Waals surface area (Å²) in [5, 5.41) is 13.1. The molecule has 10 heteroatoms. The summed E-state index contributed by atoms with van der Waals surface area (Å²) in [6.45, 7) is 1.32. The van der Waals surface area contributed by atoms with Crippen LogP contribution in [-0.2, 0) is 12.8 Å². The van der Waals surface area contributed by atoms with Crippen molar-refractivity contribution in [2.24, 2.45) is 0 Å². The lowest BCUT2D eigenvalue weighted by atomic mass is 9.77. The lowest BCUT2D eigenvalue weighted by Gasteiger charge is -2.56. The summed E-state index contributed by atoms with van der Waals surface area (Å²) in [5.41, 5.74) is 5.08. The highest BCUT2D eigenvalue weighted by molar-refractivity contribution is 5.53. The van der Waals surface area contributed by atoms with Crippen LogP contribution in [-0.4, -0.2) is 69.4 Å². The minimum atomic E-state index is -0.932. The van der Waals surface area contributed by atoms with Crippen molar-refractivity contribution in [3.05, 3.63) is 86.5 Å². The molecule has 6 rings (SSSR count). The fourth-order valence-electron chi connectivity index (χ4n) is 7.04. The van der Waals surface area contributed by atoms with Gasteiger partial charge in [0.1, 0.15) is 17.8 Å². The number of rotatable bonds is 7. The minimum Gasteiger partial charge on any atom is -0.497 e. The molecule has 3 aromatic rings. The smallest absolute Gasteiger partial charge is 0.251 e. The molecular weight excluding hydrogens is 526 g/mol. The van der Waals surface area contributed by atoms with E-state index >= 15 is 0 Å². The lowest BCUT2D eigenvalue weighted by molar-refractivity contribution is -0.550. The van der Waals surface area contributed by atoms with Crippen LogP contribution >= 0.6 is 0 Å². The van der Waals surface area contributed by atoms with Crippen molar-refractivity contribution >= 4 is 0 Å². The fourth-order valence-corrected chi connectivity index (χ4v) is 7.04. The average molecular weight is 562 g/mol. The molecule has 0 saturated carbocycles. The zero-order chi connectivity index (χ0) is 28.8. The Balaban J connectivity index is 1.59. The summed E-state index contributed by atoms with van der Waals surface area (Å²) in [6, 6.07) is 13.7. The van der Waals surface area contributed by atoms with E-state index in [4.69, 9.17) is 23.7 Å². The standard InChI is InChI=1S/C31H35N3O7/c1-37-21-8-6-18(7-9-21)28-30(34(35)36)29-22-16-26(40-4)24(38-2)14-19(22)10-13-33(29)31-23-17-27(41-5)25(39-3)15-20(23)11-12-32(28)31/h6-9,14-17,28-31H,10-13H2,1-5H3/t28-,29+,30-,31-/m1/s1. The monoisotopic (exact) mass is 561 g/mol. The van der Waals surface area contributed by atoms with Crippen LogP contribution in [0.3, 0.4) is 0 Å². The number of ether oxygens (including phenoxy) is 5. The van der Waals surface area contributed by atoms with Gasteiger partial charge in [-0.1, -0.05) is 12.1 Å². The molecule has 0 aliphatic carbocycles. The minimum absolute atomic E-state index is 0.0985. The molecule has 0 unspecified atom stereocenters. The number of benzene rings is 3. The highest BCUT2D eigenvalue weighted by Gasteiger charge is 2.57. The van der Waals surface area contributed by atoms with Gasteiger partial charge in [0.05, 0.1) is 41.7 Å². The Morgan fingerprint density at radius 3 is 1.68 bits per heavy atom. The van der Waals surface area contributed by atoms with E-state index in [1.54, 1.807) is 35.5 Å². The number of methoxy groups -OCH3 is 5. The zero-order valence-corrected chi connectivity index (χ0v) is 24.0. The highest BCUT2D eigenvalue weighted by Crippen LogP contribution is 2.55. The Labute approximate surface area is 239 Å². The number of fused-ring (bicyclic) bond motifs is 7. The quantitative estimate of drug-likeness (QED) is 0.303. The van der Waals surface area contributed by atoms with Crippen LogP contribution < -0.4 is 23.7 Å². The van der Waals surface area contributed by atoms with Gasteiger partial charge >= 0.3 is 0 Å². The Bertz CT molecular complexity index is 1460. The first-order chi connectivity index (χ1) is 19.9. The van der Waals surface area contributed by atoms with Crippen LogP contribution in [0.15, 0.2) is 48.5 Å². The third-order valence-electron chi connectivity index (χ3n) is 8.86. The van der Waals surface area contributed by atoms with Gasteiger partial charge in [-0.3, -0.25) is 19.9 Å². The molecule has 3 aromatic carbocycles. The van der Waals surface area contributed by atoms with Crippen molar-refractivity contribution < 1.29 is 28.6 Å². The van der Waals surface area contributed by atoms with E-state index in [1.807, 2.05) is 48.5 Å². The predicted octanol–water partition coefficient (Wildman–Crippen LogP) is 4.59. The summed E-state index contributed by atoms with van der Waals surface area (Å²) in [4.78, 5) is 17.6. The van der Waals surface area contributed by atoms with E-state index in [9.17, 15) is 10.1 Å². The molecule has 3 aliphatic heterocycles. The predicted molar refractivity (Wildman–Crippen MR) is 152 cm³/mol. The van der Waals surface area contributed by atoms with E-state index in [0.717, 1.165) is 40.7 Å². The largest absolute Gasteiger partial charge is 0.497 e. The average Bonchev–Trinajstić information content (AvgIpc) is 3.01. The molecule has 0 aromatic heterocycles. The number of nitrogens with zero attached hydrogens (tertiary/aromatic N) is 3. The molecule has 1 fully saturated rings. The van der Waals surface area contributed by atoms with Gasteiger partial charge in [0.2, 0.25) is 0 Å². The third kappa shape index (κ3) is 4.33. The maximum absolute atomic E-state index is 13.1. The summed E-state index contributed by atoms with van der Waals surface area (Å²) < 4.78 is 28.0. The van der Waals surface area contributed by atoms with Crippen molar-refractivity contribution in [3.8, 4) is 28.7 Å². The molecule has 0 amide bonds. The van der Waals surface area contributed by atoms with Crippen molar-refractivity contribution in [1.82, 2.24) is 9.80 Å². The van der Waals surface area contributed by atoms with Crippen LogP contribution in [0.25, 0.3) is 0 Å². The molecule has 1 saturated heterocycles. The van der Waals surface area contributed by atoms with Gasteiger partial charge in [-0.2, -0.15) is 0 Å². The summed E-state index contributed by atoms with van der Waals surface area (Å²) in [6.07, 6.45) is 1.27. The Kier molecular flexibility index (Phi) is 7.13. The topological polar surface area (TPSA) is 95.8 Å². The Morgan fingerprint density at radius 2 is 1.17 bits per heavy atom. The molecular formula is C31H35N3O7. The van der Waals surface area contributed by atoms with Gasteiger partial charge in [-0.05, 0) is 77.1 Å². The van der Waals surface area contributed by atoms with E-state index in [1.165, 1.54) is 0 Å². The highest BCUT2D eigenvalue weighted by atomic mass is 16.6. The third-order valence-corrected chi connectivity index (χ3v) is 8.86. The van der Waals surface area contributed by atoms with E-state index in [2.05, 4.69) is 9.80 Å².